The Bertz CT molecular complexity index is 1260. The predicted octanol–water partition coefficient (Wildman–Crippen LogP) is 8.18. The van der Waals surface area contributed by atoms with Gasteiger partial charge in [-0.3, -0.25) is 0 Å². The maximum absolute atomic E-state index is 6.64. The van der Waals surface area contributed by atoms with Crippen LogP contribution in [0.2, 0.25) is 10.0 Å². The van der Waals surface area contributed by atoms with Crippen molar-refractivity contribution in [1.82, 2.24) is 0 Å². The van der Waals surface area contributed by atoms with Gasteiger partial charge in [0.25, 0.3) is 0 Å². The molecule has 3 aromatic rings. The van der Waals surface area contributed by atoms with Gasteiger partial charge in [-0.15, -0.1) is 0 Å². The molecule has 1 N–H and O–H groups in total. The third kappa shape index (κ3) is 4.15. The molecule has 7 heteroatoms. The lowest BCUT2D eigenvalue weighted by atomic mass is 9.76. The van der Waals surface area contributed by atoms with E-state index in [9.17, 15) is 0 Å². The Morgan fingerprint density at radius 3 is 2.56 bits per heavy atom. The molecule has 1 aliphatic heterocycles. The van der Waals surface area contributed by atoms with Crippen molar-refractivity contribution in [2.75, 3.05) is 19.5 Å². The quantitative estimate of drug-likeness (QED) is 0.308. The minimum absolute atomic E-state index is 0.0442. The first-order valence-electron chi connectivity index (χ1n) is 11.0. The molecule has 5 rings (SSSR count). The third-order valence-electron chi connectivity index (χ3n) is 6.59. The first-order chi connectivity index (χ1) is 16.5. The molecule has 2 aliphatic rings. The molecule has 0 amide bonds. The maximum atomic E-state index is 6.64. The van der Waals surface area contributed by atoms with Crippen LogP contribution < -0.4 is 19.5 Å². The summed E-state index contributed by atoms with van der Waals surface area (Å²) in [6, 6.07) is 15.7. The number of ether oxygens (including phenoxy) is 3. The van der Waals surface area contributed by atoms with Crippen LogP contribution >= 0.6 is 39.1 Å². The summed E-state index contributed by atoms with van der Waals surface area (Å²) in [7, 11) is 3.34. The largest absolute Gasteiger partial charge is 0.495 e. The smallest absolute Gasteiger partial charge is 0.175 e. The highest BCUT2D eigenvalue weighted by Gasteiger charge is 2.40. The zero-order chi connectivity index (χ0) is 23.8. The van der Waals surface area contributed by atoms with Crippen LogP contribution in [-0.2, 0) is 6.61 Å². The summed E-state index contributed by atoms with van der Waals surface area (Å²) in [5, 5.41) is 5.15. The van der Waals surface area contributed by atoms with E-state index in [0.717, 1.165) is 44.0 Å². The topological polar surface area (TPSA) is 39.7 Å². The molecule has 3 aromatic carbocycles. The minimum atomic E-state index is 0.0442. The van der Waals surface area contributed by atoms with E-state index in [1.54, 1.807) is 14.2 Å². The average molecular weight is 561 g/mol. The van der Waals surface area contributed by atoms with E-state index < -0.39 is 0 Å². The Hall–Kier alpha value is -2.34. The highest BCUT2D eigenvalue weighted by Crippen LogP contribution is 2.55. The summed E-state index contributed by atoms with van der Waals surface area (Å²) in [6.07, 6.45) is 5.46. The van der Waals surface area contributed by atoms with Gasteiger partial charge in [-0.1, -0.05) is 53.6 Å². The molecule has 176 valence electrons. The number of allylic oxidation sites excluding steroid dienone is 2. The number of methoxy groups -OCH3 is 2. The monoisotopic (exact) mass is 559 g/mol. The molecule has 0 aromatic heterocycles. The van der Waals surface area contributed by atoms with Gasteiger partial charge in [-0.2, -0.15) is 0 Å². The molecule has 4 nitrogen and oxygen atoms in total. The fourth-order valence-corrected chi connectivity index (χ4v) is 6.01. The first kappa shape index (κ1) is 23.4. The van der Waals surface area contributed by atoms with Gasteiger partial charge in [0.15, 0.2) is 11.5 Å². The highest BCUT2D eigenvalue weighted by molar-refractivity contribution is 9.10. The van der Waals surface area contributed by atoms with E-state index in [1.807, 2.05) is 42.5 Å². The number of benzene rings is 3. The van der Waals surface area contributed by atoms with E-state index in [0.29, 0.717) is 29.0 Å². The molecule has 0 saturated heterocycles. The average Bonchev–Trinajstić information content (AvgIpc) is 3.33. The summed E-state index contributed by atoms with van der Waals surface area (Å²) < 4.78 is 18.4. The van der Waals surface area contributed by atoms with Crippen LogP contribution in [0.15, 0.2) is 65.2 Å². The van der Waals surface area contributed by atoms with Crippen LogP contribution in [0.25, 0.3) is 0 Å². The second-order valence-electron chi connectivity index (χ2n) is 8.43. The number of anilines is 1. The molecule has 1 aliphatic carbocycles. The number of nitrogens with one attached hydrogen (secondary N) is 1. The van der Waals surface area contributed by atoms with Crippen LogP contribution in [-0.4, -0.2) is 14.2 Å². The number of rotatable bonds is 6. The summed E-state index contributed by atoms with van der Waals surface area (Å²) in [5.41, 5.74) is 4.06. The number of fused-ring (bicyclic) bond motifs is 3. The lowest BCUT2D eigenvalue weighted by Crippen LogP contribution is -2.29. The molecule has 0 bridgehead atoms. The van der Waals surface area contributed by atoms with E-state index in [1.165, 1.54) is 0 Å². The Balaban J connectivity index is 1.50. The Morgan fingerprint density at radius 2 is 1.79 bits per heavy atom. The lowest BCUT2D eigenvalue weighted by Gasteiger charge is -2.38. The molecule has 3 atom stereocenters. The van der Waals surface area contributed by atoms with Crippen molar-refractivity contribution < 1.29 is 14.2 Å². The SMILES string of the molecule is COc1ccc(Cl)c2c1N[C@@H](c1cc(Br)c(OCc3ccccc3Cl)c(OC)c1)[C@H]1CC=C[C@@H]21. The van der Waals surface area contributed by atoms with E-state index in [2.05, 4.69) is 39.5 Å². The van der Waals surface area contributed by atoms with Crippen LogP contribution in [0.3, 0.4) is 0 Å². The number of halogens is 3. The Kier molecular flexibility index (Phi) is 6.70. The summed E-state index contributed by atoms with van der Waals surface area (Å²) in [4.78, 5) is 0. The number of hydrogen-bond donors (Lipinski definition) is 1. The minimum Gasteiger partial charge on any atom is -0.495 e. The van der Waals surface area contributed by atoms with Crippen LogP contribution in [0, 0.1) is 5.92 Å². The van der Waals surface area contributed by atoms with E-state index >= 15 is 0 Å². The molecule has 1 heterocycles. The summed E-state index contributed by atoms with van der Waals surface area (Å²) in [5.74, 6) is 2.62. The molecular weight excluding hydrogens is 537 g/mol. The van der Waals surface area contributed by atoms with Crippen LogP contribution in [0.4, 0.5) is 5.69 Å². The first-order valence-corrected chi connectivity index (χ1v) is 12.6. The van der Waals surface area contributed by atoms with Crippen molar-refractivity contribution in [2.45, 2.75) is 25.0 Å². The van der Waals surface area contributed by atoms with E-state index in [4.69, 9.17) is 37.4 Å². The van der Waals surface area contributed by atoms with Gasteiger partial charge in [0.05, 0.1) is 30.4 Å². The van der Waals surface area contributed by atoms with Crippen molar-refractivity contribution >= 4 is 44.8 Å². The summed E-state index contributed by atoms with van der Waals surface area (Å²) >= 11 is 16.7. The third-order valence-corrected chi connectivity index (χ3v) is 7.88. The van der Waals surface area contributed by atoms with Gasteiger partial charge >= 0.3 is 0 Å². The zero-order valence-corrected chi connectivity index (χ0v) is 21.9. The normalized spacial score (nSPS) is 20.3. The van der Waals surface area contributed by atoms with Crippen molar-refractivity contribution in [3.8, 4) is 17.2 Å². The molecule has 34 heavy (non-hydrogen) atoms. The molecule has 0 spiro atoms. The van der Waals surface area contributed by atoms with Crippen molar-refractivity contribution in [3.05, 3.63) is 91.9 Å². The highest BCUT2D eigenvalue weighted by atomic mass is 79.9. The Morgan fingerprint density at radius 1 is 1.00 bits per heavy atom. The lowest BCUT2D eigenvalue weighted by molar-refractivity contribution is 0.282. The second-order valence-corrected chi connectivity index (χ2v) is 10.1. The molecule has 0 fully saturated rings. The molecule has 0 unspecified atom stereocenters. The van der Waals surface area contributed by atoms with Gasteiger partial charge in [0.1, 0.15) is 12.4 Å². The van der Waals surface area contributed by atoms with Crippen molar-refractivity contribution in [1.29, 1.82) is 0 Å². The fraction of sp³-hybridized carbons (Fsp3) is 0.259. The summed E-state index contributed by atoms with van der Waals surface area (Å²) in [6.45, 7) is 0.341. The molecule has 0 saturated carbocycles. The predicted molar refractivity (Wildman–Crippen MR) is 141 cm³/mol. The van der Waals surface area contributed by atoms with Gasteiger partial charge in [-0.05, 0) is 64.2 Å². The maximum Gasteiger partial charge on any atom is 0.175 e. The van der Waals surface area contributed by atoms with Crippen LogP contribution in [0.1, 0.15) is 35.1 Å². The standard InChI is InChI=1S/C27H24BrCl2NO3/c1-32-22-11-10-21(30)24-17-7-5-8-18(17)25(31-26(22)24)16-12-19(28)27(23(13-16)33-2)34-14-15-6-3-4-9-20(15)29/h3-7,9-13,17-18,25,31H,8,14H2,1-2H3/t17-,18+,25+/m1/s1. The van der Waals surface area contributed by atoms with E-state index in [-0.39, 0.29) is 12.0 Å². The molecular formula is C27H24BrCl2NO3. The second kappa shape index (κ2) is 9.73. The van der Waals surface area contributed by atoms with Gasteiger partial charge in [-0.25, -0.2) is 0 Å². The van der Waals surface area contributed by atoms with Crippen molar-refractivity contribution in [3.63, 3.8) is 0 Å². The van der Waals surface area contributed by atoms with Crippen LogP contribution in [0.5, 0.6) is 17.2 Å². The fourth-order valence-electron chi connectivity index (χ4n) is 4.96. The molecule has 0 radical (unpaired) electrons. The zero-order valence-electron chi connectivity index (χ0n) is 18.8. The van der Waals surface area contributed by atoms with Gasteiger partial charge in [0.2, 0.25) is 0 Å². The number of hydrogen-bond acceptors (Lipinski definition) is 4. The van der Waals surface area contributed by atoms with Gasteiger partial charge < -0.3 is 19.5 Å². The van der Waals surface area contributed by atoms with Crippen molar-refractivity contribution in [2.24, 2.45) is 5.92 Å². The Labute approximate surface area is 217 Å². The van der Waals surface area contributed by atoms with Gasteiger partial charge in [0, 0.05) is 27.1 Å².